The molecule has 0 bridgehead atoms. The molecule has 3 nitrogen and oxygen atoms in total. The molecule has 0 spiro atoms. The molecule has 94 valence electrons. The van der Waals surface area contributed by atoms with E-state index in [0.717, 1.165) is 19.5 Å². The molecule has 0 aliphatic carbocycles. The Morgan fingerprint density at radius 2 is 1.94 bits per heavy atom. The van der Waals surface area contributed by atoms with E-state index in [0.29, 0.717) is 13.2 Å². The molecule has 17 heavy (non-hydrogen) atoms. The van der Waals surface area contributed by atoms with Gasteiger partial charge in [-0.25, -0.2) is 0 Å². The van der Waals surface area contributed by atoms with Gasteiger partial charge < -0.3 is 4.74 Å². The van der Waals surface area contributed by atoms with Crippen molar-refractivity contribution in [2.45, 2.75) is 20.3 Å². The lowest BCUT2D eigenvalue weighted by molar-refractivity contribution is -0.144. The molecule has 0 amide bonds. The van der Waals surface area contributed by atoms with Crippen molar-refractivity contribution in [3.05, 3.63) is 35.9 Å². The summed E-state index contributed by atoms with van der Waals surface area (Å²) < 4.78 is 4.95. The topological polar surface area (TPSA) is 29.5 Å². The van der Waals surface area contributed by atoms with Crippen LogP contribution in [0.4, 0.5) is 0 Å². The SMILES string of the molecule is CCOC(=O)CN(CC)CCc1ccccc1. The van der Waals surface area contributed by atoms with E-state index in [-0.39, 0.29) is 5.97 Å². The van der Waals surface area contributed by atoms with Crippen molar-refractivity contribution >= 4 is 5.97 Å². The van der Waals surface area contributed by atoms with Gasteiger partial charge in [0.2, 0.25) is 0 Å². The number of carbonyl (C=O) groups excluding carboxylic acids is 1. The molecule has 0 saturated heterocycles. The molecule has 0 aliphatic heterocycles. The molecule has 3 heteroatoms. The quantitative estimate of drug-likeness (QED) is 0.678. The average Bonchev–Trinajstić information content (AvgIpc) is 2.36. The lowest BCUT2D eigenvalue weighted by Crippen LogP contribution is -2.32. The van der Waals surface area contributed by atoms with Gasteiger partial charge >= 0.3 is 5.97 Å². The van der Waals surface area contributed by atoms with E-state index >= 15 is 0 Å². The number of nitrogens with zero attached hydrogens (tertiary/aromatic N) is 1. The van der Waals surface area contributed by atoms with E-state index in [1.54, 1.807) is 0 Å². The van der Waals surface area contributed by atoms with Crippen LogP contribution in [0.1, 0.15) is 19.4 Å². The first-order chi connectivity index (χ1) is 8.26. The highest BCUT2D eigenvalue weighted by atomic mass is 16.5. The number of hydrogen-bond acceptors (Lipinski definition) is 3. The molecule has 1 rings (SSSR count). The Kier molecular flexibility index (Phi) is 6.33. The first-order valence-corrected chi connectivity index (χ1v) is 6.18. The van der Waals surface area contributed by atoms with Crippen LogP contribution < -0.4 is 0 Å². The van der Waals surface area contributed by atoms with Crippen LogP contribution in [-0.2, 0) is 16.0 Å². The van der Waals surface area contributed by atoms with Gasteiger partial charge in [-0.3, -0.25) is 9.69 Å². The van der Waals surface area contributed by atoms with Crippen LogP contribution in [0.25, 0.3) is 0 Å². The first-order valence-electron chi connectivity index (χ1n) is 6.18. The van der Waals surface area contributed by atoms with Crippen LogP contribution in [0, 0.1) is 0 Å². The molecule has 0 N–H and O–H groups in total. The summed E-state index contributed by atoms with van der Waals surface area (Å²) in [7, 11) is 0. The third kappa shape index (κ3) is 5.50. The van der Waals surface area contributed by atoms with E-state index in [9.17, 15) is 4.79 Å². The van der Waals surface area contributed by atoms with Crippen LogP contribution >= 0.6 is 0 Å². The fourth-order valence-corrected chi connectivity index (χ4v) is 1.67. The highest BCUT2D eigenvalue weighted by Gasteiger charge is 2.09. The number of hydrogen-bond donors (Lipinski definition) is 0. The van der Waals surface area contributed by atoms with Crippen molar-refractivity contribution in [2.75, 3.05) is 26.2 Å². The van der Waals surface area contributed by atoms with Crippen LogP contribution in [0.3, 0.4) is 0 Å². The Hall–Kier alpha value is -1.35. The molecule has 1 aromatic carbocycles. The van der Waals surface area contributed by atoms with Crippen molar-refractivity contribution in [2.24, 2.45) is 0 Å². The third-order valence-electron chi connectivity index (χ3n) is 2.66. The van der Waals surface area contributed by atoms with Crippen molar-refractivity contribution in [3.8, 4) is 0 Å². The molecule has 0 unspecified atom stereocenters. The number of rotatable bonds is 7. The van der Waals surface area contributed by atoms with E-state index in [2.05, 4.69) is 24.0 Å². The maximum atomic E-state index is 11.4. The van der Waals surface area contributed by atoms with Crippen LogP contribution in [0.5, 0.6) is 0 Å². The maximum Gasteiger partial charge on any atom is 0.320 e. The van der Waals surface area contributed by atoms with Gasteiger partial charge in [0.25, 0.3) is 0 Å². The Morgan fingerprint density at radius 1 is 1.24 bits per heavy atom. The van der Waals surface area contributed by atoms with Gasteiger partial charge in [0.1, 0.15) is 0 Å². The molecule has 0 aliphatic rings. The summed E-state index contributed by atoms with van der Waals surface area (Å²) in [6, 6.07) is 10.3. The Labute approximate surface area is 103 Å². The number of ether oxygens (including phenoxy) is 1. The van der Waals surface area contributed by atoms with Crippen molar-refractivity contribution in [1.29, 1.82) is 0 Å². The summed E-state index contributed by atoms with van der Waals surface area (Å²) in [4.78, 5) is 13.5. The lowest BCUT2D eigenvalue weighted by Gasteiger charge is -2.19. The third-order valence-corrected chi connectivity index (χ3v) is 2.66. The van der Waals surface area contributed by atoms with Crippen LogP contribution in [0.15, 0.2) is 30.3 Å². The Balaban J connectivity index is 2.34. The molecule has 1 aromatic rings. The molecule has 0 saturated carbocycles. The van der Waals surface area contributed by atoms with Crippen molar-refractivity contribution < 1.29 is 9.53 Å². The Morgan fingerprint density at radius 3 is 2.53 bits per heavy atom. The molecular formula is C14H21NO2. The van der Waals surface area contributed by atoms with Crippen molar-refractivity contribution in [1.82, 2.24) is 4.90 Å². The van der Waals surface area contributed by atoms with Gasteiger partial charge in [0.05, 0.1) is 13.2 Å². The highest BCUT2D eigenvalue weighted by molar-refractivity contribution is 5.71. The zero-order valence-electron chi connectivity index (χ0n) is 10.7. The summed E-state index contributed by atoms with van der Waals surface area (Å²) in [5.74, 6) is -0.137. The number of esters is 1. The smallest absolute Gasteiger partial charge is 0.320 e. The molecular weight excluding hydrogens is 214 g/mol. The second-order valence-corrected chi connectivity index (χ2v) is 3.91. The highest BCUT2D eigenvalue weighted by Crippen LogP contribution is 2.01. The van der Waals surface area contributed by atoms with E-state index in [1.807, 2.05) is 25.1 Å². The molecule has 0 fully saturated rings. The molecule has 0 aromatic heterocycles. The van der Waals surface area contributed by atoms with Gasteiger partial charge in [-0.2, -0.15) is 0 Å². The largest absolute Gasteiger partial charge is 0.465 e. The van der Waals surface area contributed by atoms with Crippen LogP contribution in [0.2, 0.25) is 0 Å². The van der Waals surface area contributed by atoms with E-state index in [4.69, 9.17) is 4.74 Å². The van der Waals surface area contributed by atoms with E-state index < -0.39 is 0 Å². The summed E-state index contributed by atoms with van der Waals surface area (Å²) in [6.07, 6.45) is 0.966. The zero-order chi connectivity index (χ0) is 12.5. The monoisotopic (exact) mass is 235 g/mol. The van der Waals surface area contributed by atoms with Crippen molar-refractivity contribution in [3.63, 3.8) is 0 Å². The van der Waals surface area contributed by atoms with Gasteiger partial charge in [0.15, 0.2) is 0 Å². The maximum absolute atomic E-state index is 11.4. The summed E-state index contributed by atoms with van der Waals surface area (Å²) in [6.45, 7) is 6.49. The summed E-state index contributed by atoms with van der Waals surface area (Å²) in [5, 5.41) is 0. The first kappa shape index (κ1) is 13.7. The predicted octanol–water partition coefficient (Wildman–Crippen LogP) is 2.11. The Bertz CT molecular complexity index is 324. The van der Waals surface area contributed by atoms with Gasteiger partial charge in [-0.15, -0.1) is 0 Å². The predicted molar refractivity (Wildman–Crippen MR) is 68.9 cm³/mol. The number of likely N-dealkylation sites (N-methyl/N-ethyl adjacent to an activating group) is 1. The summed E-state index contributed by atoms with van der Waals surface area (Å²) >= 11 is 0. The number of carbonyl (C=O) groups is 1. The lowest BCUT2D eigenvalue weighted by atomic mass is 10.1. The zero-order valence-corrected chi connectivity index (χ0v) is 10.7. The normalized spacial score (nSPS) is 10.5. The van der Waals surface area contributed by atoms with Crippen LogP contribution in [-0.4, -0.2) is 37.1 Å². The molecule has 0 atom stereocenters. The minimum atomic E-state index is -0.137. The minimum absolute atomic E-state index is 0.137. The fourth-order valence-electron chi connectivity index (χ4n) is 1.67. The van der Waals surface area contributed by atoms with E-state index in [1.165, 1.54) is 5.56 Å². The standard InChI is InChI=1S/C14H21NO2/c1-3-15(12-14(16)17-4-2)11-10-13-8-6-5-7-9-13/h5-9H,3-4,10-12H2,1-2H3. The molecule has 0 radical (unpaired) electrons. The van der Waals surface area contributed by atoms with Gasteiger partial charge in [0, 0.05) is 6.54 Å². The molecule has 0 heterocycles. The second kappa shape index (κ2) is 7.85. The van der Waals surface area contributed by atoms with Gasteiger partial charge in [-0.1, -0.05) is 37.3 Å². The summed E-state index contributed by atoms with van der Waals surface area (Å²) in [5.41, 5.74) is 1.30. The fraction of sp³-hybridized carbons (Fsp3) is 0.500. The number of benzene rings is 1. The average molecular weight is 235 g/mol. The second-order valence-electron chi connectivity index (χ2n) is 3.91. The minimum Gasteiger partial charge on any atom is -0.465 e. The van der Waals surface area contributed by atoms with Gasteiger partial charge in [-0.05, 0) is 25.5 Å².